The number of hydrogen-bond acceptors (Lipinski definition) is 4. The third kappa shape index (κ3) is 2.89. The first-order valence-corrected chi connectivity index (χ1v) is 6.82. The van der Waals surface area contributed by atoms with E-state index in [9.17, 15) is 4.79 Å². The van der Waals surface area contributed by atoms with Crippen molar-refractivity contribution >= 4 is 33.4 Å². The van der Waals surface area contributed by atoms with E-state index in [1.807, 2.05) is 6.07 Å². The second-order valence-electron chi connectivity index (χ2n) is 4.12. The van der Waals surface area contributed by atoms with Gasteiger partial charge >= 0.3 is 0 Å². The second-order valence-corrected chi connectivity index (χ2v) is 5.30. The highest BCUT2D eigenvalue weighted by molar-refractivity contribution is 9.10. The van der Waals surface area contributed by atoms with Gasteiger partial charge in [0, 0.05) is 12.7 Å². The lowest BCUT2D eigenvalue weighted by atomic mass is 10.2. The summed E-state index contributed by atoms with van der Waals surface area (Å²) < 4.78 is 5.82. The SMILES string of the molecule is Cc1ncc(C(=O)N2CCO[C@H](C#N)C2)c(Cl)c1Br. The molecule has 0 bridgehead atoms. The Morgan fingerprint density at radius 3 is 3.16 bits per heavy atom. The van der Waals surface area contributed by atoms with Gasteiger partial charge in [-0.3, -0.25) is 9.78 Å². The van der Waals surface area contributed by atoms with E-state index < -0.39 is 6.10 Å². The van der Waals surface area contributed by atoms with Gasteiger partial charge in [-0.1, -0.05) is 11.6 Å². The number of pyridine rings is 1. The van der Waals surface area contributed by atoms with Gasteiger partial charge in [0.15, 0.2) is 6.10 Å². The number of halogens is 2. The molecule has 1 fully saturated rings. The molecule has 0 saturated carbocycles. The van der Waals surface area contributed by atoms with E-state index in [1.54, 1.807) is 11.8 Å². The number of morpholine rings is 1. The minimum atomic E-state index is -0.585. The number of ether oxygens (including phenoxy) is 1. The summed E-state index contributed by atoms with van der Waals surface area (Å²) >= 11 is 9.46. The van der Waals surface area contributed by atoms with Crippen LogP contribution in [-0.2, 0) is 4.74 Å². The number of aromatic nitrogens is 1. The van der Waals surface area contributed by atoms with Crippen molar-refractivity contribution in [2.75, 3.05) is 19.7 Å². The Morgan fingerprint density at radius 1 is 1.74 bits per heavy atom. The van der Waals surface area contributed by atoms with E-state index in [0.717, 1.165) is 5.69 Å². The molecule has 19 heavy (non-hydrogen) atoms. The van der Waals surface area contributed by atoms with Crippen LogP contribution in [0.2, 0.25) is 5.02 Å². The van der Waals surface area contributed by atoms with Crippen LogP contribution in [0.3, 0.4) is 0 Å². The average Bonchev–Trinajstić information content (AvgIpc) is 2.44. The molecule has 0 spiro atoms. The Hall–Kier alpha value is -1.16. The normalized spacial score (nSPS) is 19.1. The number of carbonyl (C=O) groups is 1. The molecular formula is C12H11BrClN3O2. The van der Waals surface area contributed by atoms with E-state index in [4.69, 9.17) is 21.6 Å². The predicted octanol–water partition coefficient (Wildman–Crippen LogP) is 2.17. The van der Waals surface area contributed by atoms with E-state index >= 15 is 0 Å². The Labute approximate surface area is 124 Å². The first kappa shape index (κ1) is 14.3. The van der Waals surface area contributed by atoms with Crippen molar-refractivity contribution in [3.8, 4) is 6.07 Å². The van der Waals surface area contributed by atoms with Crippen LogP contribution in [0.4, 0.5) is 0 Å². The molecule has 1 aromatic heterocycles. The Balaban J connectivity index is 2.25. The summed E-state index contributed by atoms with van der Waals surface area (Å²) in [5, 5.41) is 9.18. The maximum Gasteiger partial charge on any atom is 0.257 e. The van der Waals surface area contributed by atoms with Gasteiger partial charge in [-0.25, -0.2) is 0 Å². The highest BCUT2D eigenvalue weighted by Gasteiger charge is 2.27. The Kier molecular flexibility index (Phi) is 4.40. The van der Waals surface area contributed by atoms with E-state index in [-0.39, 0.29) is 12.5 Å². The second kappa shape index (κ2) is 5.87. The van der Waals surface area contributed by atoms with Crippen molar-refractivity contribution in [2.45, 2.75) is 13.0 Å². The van der Waals surface area contributed by atoms with Crippen LogP contribution >= 0.6 is 27.5 Å². The Bertz CT molecular complexity index is 559. The zero-order valence-electron chi connectivity index (χ0n) is 10.2. The van der Waals surface area contributed by atoms with Crippen LogP contribution in [-0.4, -0.2) is 41.6 Å². The molecule has 1 saturated heterocycles. The molecule has 1 aliphatic heterocycles. The molecule has 0 aromatic carbocycles. The van der Waals surface area contributed by atoms with Crippen LogP contribution < -0.4 is 0 Å². The van der Waals surface area contributed by atoms with E-state index in [1.165, 1.54) is 6.20 Å². The maximum atomic E-state index is 12.4. The molecule has 1 atom stereocenters. The minimum absolute atomic E-state index is 0.234. The molecule has 100 valence electrons. The highest BCUT2D eigenvalue weighted by Crippen LogP contribution is 2.29. The fraction of sp³-hybridized carbons (Fsp3) is 0.417. The summed E-state index contributed by atoms with van der Waals surface area (Å²) in [5.41, 5.74) is 1.05. The van der Waals surface area contributed by atoms with Crippen molar-refractivity contribution in [1.29, 1.82) is 5.26 Å². The highest BCUT2D eigenvalue weighted by atomic mass is 79.9. The van der Waals surface area contributed by atoms with Crippen molar-refractivity contribution in [3.63, 3.8) is 0 Å². The first-order valence-electron chi connectivity index (χ1n) is 5.65. The van der Waals surface area contributed by atoms with Crippen LogP contribution in [0.5, 0.6) is 0 Å². The van der Waals surface area contributed by atoms with Gasteiger partial charge in [0.1, 0.15) is 0 Å². The quantitative estimate of drug-likeness (QED) is 0.783. The molecular weight excluding hydrogens is 334 g/mol. The molecule has 1 amide bonds. The van der Waals surface area contributed by atoms with Crippen LogP contribution in [0.15, 0.2) is 10.7 Å². The largest absolute Gasteiger partial charge is 0.360 e. The van der Waals surface area contributed by atoms with Crippen molar-refractivity contribution in [3.05, 3.63) is 26.9 Å². The summed E-state index contributed by atoms with van der Waals surface area (Å²) in [4.78, 5) is 18.0. The molecule has 0 radical (unpaired) electrons. The van der Waals surface area contributed by atoms with Gasteiger partial charge in [-0.15, -0.1) is 0 Å². The van der Waals surface area contributed by atoms with E-state index in [2.05, 4.69) is 20.9 Å². The van der Waals surface area contributed by atoms with Gasteiger partial charge in [-0.2, -0.15) is 5.26 Å². The molecule has 0 N–H and O–H groups in total. The summed E-state index contributed by atoms with van der Waals surface area (Å²) in [6, 6.07) is 2.00. The van der Waals surface area contributed by atoms with Crippen molar-refractivity contribution in [1.82, 2.24) is 9.88 Å². The number of aryl methyl sites for hydroxylation is 1. The maximum absolute atomic E-state index is 12.4. The lowest BCUT2D eigenvalue weighted by Crippen LogP contribution is -2.45. The molecule has 1 aromatic rings. The van der Waals surface area contributed by atoms with Gasteiger partial charge in [0.25, 0.3) is 5.91 Å². The smallest absolute Gasteiger partial charge is 0.257 e. The standard InChI is InChI=1S/C12H11BrClN3O2/c1-7-10(13)11(14)9(5-16-7)12(18)17-2-3-19-8(4-15)6-17/h5,8H,2-3,6H2,1H3/t8-/m1/s1. The van der Waals surface area contributed by atoms with Crippen LogP contribution in [0.1, 0.15) is 16.1 Å². The van der Waals surface area contributed by atoms with Crippen molar-refractivity contribution in [2.24, 2.45) is 0 Å². The molecule has 0 aliphatic carbocycles. The molecule has 1 aliphatic rings. The molecule has 5 nitrogen and oxygen atoms in total. The van der Waals surface area contributed by atoms with Crippen molar-refractivity contribution < 1.29 is 9.53 Å². The van der Waals surface area contributed by atoms with Gasteiger partial charge in [0.05, 0.1) is 40.0 Å². The first-order chi connectivity index (χ1) is 9.04. The number of nitriles is 1. The van der Waals surface area contributed by atoms with E-state index in [0.29, 0.717) is 28.2 Å². The number of hydrogen-bond donors (Lipinski definition) is 0. The fourth-order valence-electron chi connectivity index (χ4n) is 1.78. The zero-order chi connectivity index (χ0) is 14.0. The minimum Gasteiger partial charge on any atom is -0.360 e. The summed E-state index contributed by atoms with van der Waals surface area (Å²) in [6.45, 7) is 2.84. The number of amides is 1. The topological polar surface area (TPSA) is 66.2 Å². The third-order valence-electron chi connectivity index (χ3n) is 2.86. The third-order valence-corrected chi connectivity index (χ3v) is 4.45. The summed E-state index contributed by atoms with van der Waals surface area (Å²) in [5.74, 6) is -0.234. The molecule has 2 rings (SSSR count). The molecule has 0 unspecified atom stereocenters. The van der Waals surface area contributed by atoms with Gasteiger partial charge < -0.3 is 9.64 Å². The average molecular weight is 345 g/mol. The van der Waals surface area contributed by atoms with Gasteiger partial charge in [-0.05, 0) is 22.9 Å². The monoisotopic (exact) mass is 343 g/mol. The molecule has 2 heterocycles. The van der Waals surface area contributed by atoms with Crippen LogP contribution in [0.25, 0.3) is 0 Å². The number of carbonyl (C=O) groups excluding carboxylic acids is 1. The number of rotatable bonds is 1. The predicted molar refractivity (Wildman–Crippen MR) is 72.9 cm³/mol. The fourth-order valence-corrected chi connectivity index (χ4v) is 2.37. The summed E-state index contributed by atoms with van der Waals surface area (Å²) in [6.07, 6.45) is 0.875. The Morgan fingerprint density at radius 2 is 2.47 bits per heavy atom. The number of nitrogens with zero attached hydrogens (tertiary/aromatic N) is 3. The molecule has 7 heteroatoms. The lowest BCUT2D eigenvalue weighted by Gasteiger charge is -2.30. The summed E-state index contributed by atoms with van der Waals surface area (Å²) in [7, 11) is 0. The zero-order valence-corrected chi connectivity index (χ0v) is 12.5. The lowest BCUT2D eigenvalue weighted by molar-refractivity contribution is 0.00345. The van der Waals surface area contributed by atoms with Crippen LogP contribution in [0, 0.1) is 18.3 Å². The van der Waals surface area contributed by atoms with Gasteiger partial charge in [0.2, 0.25) is 0 Å².